The number of anilines is 1. The summed E-state index contributed by atoms with van der Waals surface area (Å²) in [6.45, 7) is 4.03. The van der Waals surface area contributed by atoms with Gasteiger partial charge < -0.3 is 11.5 Å². The van der Waals surface area contributed by atoms with E-state index < -0.39 is 5.91 Å². The fourth-order valence-corrected chi connectivity index (χ4v) is 2.13. The van der Waals surface area contributed by atoms with Crippen molar-refractivity contribution in [2.45, 2.75) is 13.8 Å². The number of aromatic nitrogens is 1. The van der Waals surface area contributed by atoms with E-state index in [1.807, 2.05) is 38.1 Å². The number of carbonyl (C=O) groups is 1. The minimum atomic E-state index is -0.479. The van der Waals surface area contributed by atoms with E-state index in [0.717, 1.165) is 27.9 Å². The quantitative estimate of drug-likeness (QED) is 0.838. The SMILES string of the molecule is Cc1cc(N)cc(C)c1/C=C/c1cncc(C(N)=O)c1. The predicted molar refractivity (Wildman–Crippen MR) is 82.0 cm³/mol. The molecule has 0 unspecified atom stereocenters. The van der Waals surface area contributed by atoms with Crippen molar-refractivity contribution in [1.29, 1.82) is 0 Å². The van der Waals surface area contributed by atoms with Crippen LogP contribution in [0.15, 0.2) is 30.6 Å². The number of primary amides is 1. The molecule has 0 aliphatic rings. The molecule has 0 aliphatic carbocycles. The van der Waals surface area contributed by atoms with Gasteiger partial charge in [0.15, 0.2) is 0 Å². The number of pyridine rings is 1. The largest absolute Gasteiger partial charge is 0.399 e. The number of nitrogens with zero attached hydrogens (tertiary/aromatic N) is 1. The zero-order chi connectivity index (χ0) is 14.7. The molecular weight excluding hydrogens is 250 g/mol. The first-order chi connectivity index (χ1) is 9.47. The van der Waals surface area contributed by atoms with Crippen LogP contribution in [0.2, 0.25) is 0 Å². The Labute approximate surface area is 118 Å². The molecule has 1 aromatic carbocycles. The normalized spacial score (nSPS) is 10.9. The van der Waals surface area contributed by atoms with E-state index in [4.69, 9.17) is 11.5 Å². The molecule has 102 valence electrons. The Bertz CT molecular complexity index is 667. The molecule has 2 aromatic rings. The summed E-state index contributed by atoms with van der Waals surface area (Å²) in [5.41, 5.74) is 16.4. The molecule has 1 aromatic heterocycles. The van der Waals surface area contributed by atoms with E-state index in [1.165, 1.54) is 6.20 Å². The summed E-state index contributed by atoms with van der Waals surface area (Å²) in [6.07, 6.45) is 7.04. The van der Waals surface area contributed by atoms with Crippen molar-refractivity contribution in [3.05, 3.63) is 58.4 Å². The zero-order valence-corrected chi connectivity index (χ0v) is 11.6. The Morgan fingerprint density at radius 3 is 2.35 bits per heavy atom. The van der Waals surface area contributed by atoms with Crippen LogP contribution in [0.1, 0.15) is 32.6 Å². The number of aryl methyl sites for hydroxylation is 2. The van der Waals surface area contributed by atoms with Crippen molar-refractivity contribution in [2.24, 2.45) is 5.73 Å². The van der Waals surface area contributed by atoms with Crippen LogP contribution in [0, 0.1) is 13.8 Å². The molecule has 20 heavy (non-hydrogen) atoms. The second-order valence-corrected chi connectivity index (χ2v) is 4.77. The fourth-order valence-electron chi connectivity index (χ4n) is 2.13. The number of carbonyl (C=O) groups excluding carboxylic acids is 1. The van der Waals surface area contributed by atoms with Crippen molar-refractivity contribution in [3.63, 3.8) is 0 Å². The lowest BCUT2D eigenvalue weighted by Crippen LogP contribution is -2.11. The summed E-state index contributed by atoms with van der Waals surface area (Å²) in [5, 5.41) is 0. The van der Waals surface area contributed by atoms with Gasteiger partial charge in [-0.15, -0.1) is 0 Å². The number of nitrogens with two attached hydrogens (primary N) is 2. The Kier molecular flexibility index (Phi) is 3.84. The Hall–Kier alpha value is -2.62. The van der Waals surface area contributed by atoms with Crippen molar-refractivity contribution in [2.75, 3.05) is 5.73 Å². The van der Waals surface area contributed by atoms with Gasteiger partial charge in [0.25, 0.3) is 0 Å². The van der Waals surface area contributed by atoms with E-state index in [1.54, 1.807) is 12.3 Å². The first-order valence-corrected chi connectivity index (χ1v) is 6.27. The van der Waals surface area contributed by atoms with Gasteiger partial charge in [-0.05, 0) is 54.3 Å². The van der Waals surface area contributed by atoms with Crippen LogP contribution < -0.4 is 11.5 Å². The monoisotopic (exact) mass is 267 g/mol. The molecule has 1 heterocycles. The molecular formula is C16H17N3O. The van der Waals surface area contributed by atoms with Gasteiger partial charge in [-0.25, -0.2) is 0 Å². The number of nitrogen functional groups attached to an aromatic ring is 1. The molecule has 4 nitrogen and oxygen atoms in total. The summed E-state index contributed by atoms with van der Waals surface area (Å²) in [7, 11) is 0. The van der Waals surface area contributed by atoms with Crippen LogP contribution in [0.25, 0.3) is 12.2 Å². The summed E-state index contributed by atoms with van der Waals surface area (Å²) >= 11 is 0. The number of hydrogen-bond donors (Lipinski definition) is 2. The molecule has 0 spiro atoms. The molecule has 4 heteroatoms. The Morgan fingerprint density at radius 2 is 1.75 bits per heavy atom. The minimum Gasteiger partial charge on any atom is -0.399 e. The van der Waals surface area contributed by atoms with Crippen LogP contribution in [0.3, 0.4) is 0 Å². The van der Waals surface area contributed by atoms with Crippen molar-refractivity contribution in [3.8, 4) is 0 Å². The average Bonchev–Trinajstić information content (AvgIpc) is 2.37. The topological polar surface area (TPSA) is 82.0 Å². The van der Waals surface area contributed by atoms with Gasteiger partial charge in [0.05, 0.1) is 5.56 Å². The standard InChI is InChI=1S/C16H17N3O/c1-10-5-14(17)6-11(2)15(10)4-3-12-7-13(16(18)20)9-19-8-12/h3-9H,17H2,1-2H3,(H2,18,20)/b4-3+. The second-order valence-electron chi connectivity index (χ2n) is 4.77. The van der Waals surface area contributed by atoms with Crippen LogP contribution in [-0.2, 0) is 0 Å². The summed E-state index contributed by atoms with van der Waals surface area (Å²) in [5.74, 6) is -0.479. The van der Waals surface area contributed by atoms with E-state index in [2.05, 4.69) is 4.98 Å². The van der Waals surface area contributed by atoms with E-state index in [0.29, 0.717) is 5.56 Å². The maximum Gasteiger partial charge on any atom is 0.250 e. The number of hydrogen-bond acceptors (Lipinski definition) is 3. The van der Waals surface area contributed by atoms with Gasteiger partial charge in [0, 0.05) is 18.1 Å². The number of rotatable bonds is 3. The molecule has 0 radical (unpaired) electrons. The molecule has 4 N–H and O–H groups in total. The third-order valence-corrected chi connectivity index (χ3v) is 3.10. The number of amides is 1. The van der Waals surface area contributed by atoms with Crippen LogP contribution in [0.4, 0.5) is 5.69 Å². The zero-order valence-electron chi connectivity index (χ0n) is 11.6. The summed E-state index contributed by atoms with van der Waals surface area (Å²) in [6, 6.07) is 5.59. The Balaban J connectivity index is 2.35. The van der Waals surface area contributed by atoms with Gasteiger partial charge >= 0.3 is 0 Å². The molecule has 0 saturated carbocycles. The predicted octanol–water partition coefficient (Wildman–Crippen LogP) is 2.55. The van der Waals surface area contributed by atoms with Crippen LogP contribution >= 0.6 is 0 Å². The van der Waals surface area contributed by atoms with Gasteiger partial charge in [-0.2, -0.15) is 0 Å². The molecule has 0 bridgehead atoms. The minimum absolute atomic E-state index is 0.401. The highest BCUT2D eigenvalue weighted by molar-refractivity contribution is 5.93. The molecule has 1 amide bonds. The van der Waals surface area contributed by atoms with Crippen LogP contribution in [-0.4, -0.2) is 10.9 Å². The number of benzene rings is 1. The van der Waals surface area contributed by atoms with Gasteiger partial charge in [0.1, 0.15) is 0 Å². The molecule has 0 fully saturated rings. The van der Waals surface area contributed by atoms with E-state index >= 15 is 0 Å². The van der Waals surface area contributed by atoms with Gasteiger partial charge in [-0.1, -0.05) is 12.2 Å². The highest BCUT2D eigenvalue weighted by atomic mass is 16.1. The fraction of sp³-hybridized carbons (Fsp3) is 0.125. The smallest absolute Gasteiger partial charge is 0.250 e. The maximum absolute atomic E-state index is 11.1. The average molecular weight is 267 g/mol. The molecule has 0 aliphatic heterocycles. The lowest BCUT2D eigenvalue weighted by Gasteiger charge is -2.07. The third-order valence-electron chi connectivity index (χ3n) is 3.10. The molecule has 0 saturated heterocycles. The highest BCUT2D eigenvalue weighted by Gasteiger charge is 2.02. The summed E-state index contributed by atoms with van der Waals surface area (Å²) < 4.78 is 0. The van der Waals surface area contributed by atoms with E-state index in [-0.39, 0.29) is 0 Å². The molecule has 2 rings (SSSR count). The van der Waals surface area contributed by atoms with Crippen LogP contribution in [0.5, 0.6) is 0 Å². The van der Waals surface area contributed by atoms with Gasteiger partial charge in [0.2, 0.25) is 5.91 Å². The second kappa shape index (κ2) is 5.57. The van der Waals surface area contributed by atoms with Crippen molar-refractivity contribution in [1.82, 2.24) is 4.98 Å². The first-order valence-electron chi connectivity index (χ1n) is 6.27. The Morgan fingerprint density at radius 1 is 1.10 bits per heavy atom. The first kappa shape index (κ1) is 13.8. The lowest BCUT2D eigenvalue weighted by atomic mass is 10.0. The van der Waals surface area contributed by atoms with Crippen molar-refractivity contribution >= 4 is 23.7 Å². The van der Waals surface area contributed by atoms with Crippen molar-refractivity contribution < 1.29 is 4.79 Å². The highest BCUT2D eigenvalue weighted by Crippen LogP contribution is 2.20. The third kappa shape index (κ3) is 3.03. The van der Waals surface area contributed by atoms with E-state index in [9.17, 15) is 4.79 Å². The summed E-state index contributed by atoms with van der Waals surface area (Å²) in [4.78, 5) is 15.1. The molecule has 0 atom stereocenters. The lowest BCUT2D eigenvalue weighted by molar-refractivity contribution is 0.1000. The van der Waals surface area contributed by atoms with Gasteiger partial charge in [-0.3, -0.25) is 9.78 Å². The maximum atomic E-state index is 11.1.